The molecular formula is C25H23N3O3. The summed E-state index contributed by atoms with van der Waals surface area (Å²) in [6, 6.07) is 21.4. The maximum Gasteiger partial charge on any atom is 0.320 e. The van der Waals surface area contributed by atoms with Gasteiger partial charge in [-0.2, -0.15) is 0 Å². The molecule has 1 atom stereocenters. The molecule has 3 aromatic carbocycles. The second kappa shape index (κ2) is 8.44. The SMILES string of the molecule is Cc1cccc(C)c1NC(=O)NC(Cc1ccccc1)N1C(=O)c2ccccc2C1=O. The van der Waals surface area contributed by atoms with E-state index < -0.39 is 24.0 Å². The molecule has 2 N–H and O–H groups in total. The lowest BCUT2D eigenvalue weighted by molar-refractivity contribution is 0.0565. The Bertz CT molecular complexity index is 1100. The largest absolute Gasteiger partial charge is 0.320 e. The van der Waals surface area contributed by atoms with Crippen LogP contribution in [0.5, 0.6) is 0 Å². The van der Waals surface area contributed by atoms with Crippen molar-refractivity contribution in [1.82, 2.24) is 10.2 Å². The Morgan fingerprint density at radius 2 is 1.35 bits per heavy atom. The van der Waals surface area contributed by atoms with Gasteiger partial charge in [-0.1, -0.05) is 60.7 Å². The fourth-order valence-electron chi connectivity index (χ4n) is 3.85. The molecule has 4 rings (SSSR count). The minimum absolute atomic E-state index is 0.298. The van der Waals surface area contributed by atoms with Gasteiger partial charge in [0.1, 0.15) is 6.17 Å². The smallest absolute Gasteiger partial charge is 0.317 e. The molecule has 0 aliphatic carbocycles. The van der Waals surface area contributed by atoms with Crippen LogP contribution in [0.4, 0.5) is 10.5 Å². The molecule has 1 heterocycles. The molecule has 1 aliphatic rings. The molecule has 6 heteroatoms. The van der Waals surface area contributed by atoms with Gasteiger partial charge in [0.05, 0.1) is 11.1 Å². The Labute approximate surface area is 180 Å². The number of urea groups is 1. The first-order valence-electron chi connectivity index (χ1n) is 10.1. The van der Waals surface area contributed by atoms with Gasteiger partial charge < -0.3 is 10.6 Å². The van der Waals surface area contributed by atoms with E-state index in [1.54, 1.807) is 24.3 Å². The molecule has 6 nitrogen and oxygen atoms in total. The summed E-state index contributed by atoms with van der Waals surface area (Å²) >= 11 is 0. The lowest BCUT2D eigenvalue weighted by atomic mass is 10.1. The summed E-state index contributed by atoms with van der Waals surface area (Å²) in [5.74, 6) is -0.817. The summed E-state index contributed by atoms with van der Waals surface area (Å²) in [4.78, 5) is 40.1. The third-order valence-corrected chi connectivity index (χ3v) is 5.43. The first kappa shape index (κ1) is 20.3. The number of nitrogens with zero attached hydrogens (tertiary/aromatic N) is 1. The molecule has 0 radical (unpaired) electrons. The Hall–Kier alpha value is -3.93. The average Bonchev–Trinajstić information content (AvgIpc) is 3.02. The van der Waals surface area contributed by atoms with Crippen molar-refractivity contribution in [3.63, 3.8) is 0 Å². The van der Waals surface area contributed by atoms with Crippen LogP contribution >= 0.6 is 0 Å². The van der Waals surface area contributed by atoms with E-state index in [0.717, 1.165) is 21.6 Å². The standard InChI is InChI=1S/C25H23N3O3/c1-16-9-8-10-17(2)22(16)27-25(31)26-21(15-18-11-4-3-5-12-18)28-23(29)19-13-6-7-14-20(19)24(28)30/h3-14,21H,15H2,1-2H3,(H2,26,27,31). The first-order chi connectivity index (χ1) is 15.0. The number of carbonyl (C=O) groups is 3. The lowest BCUT2D eigenvalue weighted by Gasteiger charge is -2.27. The van der Waals surface area contributed by atoms with Crippen LogP contribution in [0.15, 0.2) is 72.8 Å². The van der Waals surface area contributed by atoms with Crippen molar-refractivity contribution in [2.45, 2.75) is 26.4 Å². The van der Waals surface area contributed by atoms with Crippen molar-refractivity contribution in [2.24, 2.45) is 0 Å². The van der Waals surface area contributed by atoms with E-state index in [1.807, 2.05) is 62.4 Å². The van der Waals surface area contributed by atoms with Crippen LogP contribution in [0.25, 0.3) is 0 Å². The first-order valence-corrected chi connectivity index (χ1v) is 10.1. The Kier molecular flexibility index (Phi) is 5.54. The average molecular weight is 413 g/mol. The minimum Gasteiger partial charge on any atom is -0.317 e. The van der Waals surface area contributed by atoms with E-state index >= 15 is 0 Å². The summed E-state index contributed by atoms with van der Waals surface area (Å²) in [6.45, 7) is 3.82. The Morgan fingerprint density at radius 1 is 0.806 bits per heavy atom. The molecule has 0 fully saturated rings. The summed E-state index contributed by atoms with van der Waals surface area (Å²) in [6.07, 6.45) is -0.536. The zero-order chi connectivity index (χ0) is 22.0. The highest BCUT2D eigenvalue weighted by molar-refractivity contribution is 6.21. The molecule has 0 aromatic heterocycles. The summed E-state index contributed by atoms with van der Waals surface area (Å²) in [5.41, 5.74) is 4.16. The topological polar surface area (TPSA) is 78.5 Å². The van der Waals surface area contributed by atoms with E-state index in [2.05, 4.69) is 10.6 Å². The Morgan fingerprint density at radius 3 is 1.94 bits per heavy atom. The van der Waals surface area contributed by atoms with Crippen molar-refractivity contribution in [1.29, 1.82) is 0 Å². The number of nitrogens with one attached hydrogen (secondary N) is 2. The number of hydrogen-bond acceptors (Lipinski definition) is 3. The van der Waals surface area contributed by atoms with Crippen molar-refractivity contribution in [3.05, 3.63) is 101 Å². The molecular weight excluding hydrogens is 390 g/mol. The van der Waals surface area contributed by atoms with Crippen LogP contribution in [-0.2, 0) is 6.42 Å². The van der Waals surface area contributed by atoms with Gasteiger partial charge in [-0.05, 0) is 42.7 Å². The van der Waals surface area contributed by atoms with E-state index in [4.69, 9.17) is 0 Å². The fraction of sp³-hybridized carbons (Fsp3) is 0.160. The van der Waals surface area contributed by atoms with E-state index in [0.29, 0.717) is 23.2 Å². The van der Waals surface area contributed by atoms with Crippen LogP contribution in [0.2, 0.25) is 0 Å². The highest BCUT2D eigenvalue weighted by Crippen LogP contribution is 2.25. The zero-order valence-electron chi connectivity index (χ0n) is 17.4. The number of para-hydroxylation sites is 1. The Balaban J connectivity index is 1.62. The number of carbonyl (C=O) groups excluding carboxylic acids is 3. The molecule has 0 spiro atoms. The zero-order valence-corrected chi connectivity index (χ0v) is 17.4. The third kappa shape index (κ3) is 4.05. The van der Waals surface area contributed by atoms with Crippen LogP contribution in [0.3, 0.4) is 0 Å². The number of anilines is 1. The predicted molar refractivity (Wildman–Crippen MR) is 119 cm³/mol. The molecule has 0 bridgehead atoms. The highest BCUT2D eigenvalue weighted by Gasteiger charge is 2.40. The van der Waals surface area contributed by atoms with Crippen LogP contribution in [-0.4, -0.2) is 28.9 Å². The monoisotopic (exact) mass is 413 g/mol. The van der Waals surface area contributed by atoms with E-state index in [1.165, 1.54) is 0 Å². The van der Waals surface area contributed by atoms with Gasteiger partial charge in [0.2, 0.25) is 0 Å². The third-order valence-electron chi connectivity index (χ3n) is 5.43. The second-order valence-electron chi connectivity index (χ2n) is 7.60. The molecule has 156 valence electrons. The maximum absolute atomic E-state index is 13.0. The van der Waals surface area contributed by atoms with Gasteiger partial charge in [-0.25, -0.2) is 4.79 Å². The van der Waals surface area contributed by atoms with Gasteiger partial charge in [-0.15, -0.1) is 0 Å². The quantitative estimate of drug-likeness (QED) is 0.613. The van der Waals surface area contributed by atoms with Gasteiger partial charge in [0, 0.05) is 12.1 Å². The van der Waals surface area contributed by atoms with Crippen molar-refractivity contribution < 1.29 is 14.4 Å². The van der Waals surface area contributed by atoms with Crippen molar-refractivity contribution in [2.75, 3.05) is 5.32 Å². The van der Waals surface area contributed by atoms with Crippen LogP contribution in [0.1, 0.15) is 37.4 Å². The van der Waals surface area contributed by atoms with E-state index in [9.17, 15) is 14.4 Å². The van der Waals surface area contributed by atoms with Gasteiger partial charge in [0.25, 0.3) is 11.8 Å². The molecule has 0 saturated carbocycles. The maximum atomic E-state index is 13.0. The summed E-state index contributed by atoms with van der Waals surface area (Å²) in [7, 11) is 0. The normalized spacial score (nSPS) is 13.7. The predicted octanol–water partition coefficient (Wildman–Crippen LogP) is 4.29. The number of rotatable bonds is 5. The van der Waals surface area contributed by atoms with Gasteiger partial charge in [0.15, 0.2) is 0 Å². The summed E-state index contributed by atoms with van der Waals surface area (Å²) in [5, 5.41) is 5.71. The lowest BCUT2D eigenvalue weighted by Crippen LogP contribution is -2.53. The highest BCUT2D eigenvalue weighted by atomic mass is 16.2. The number of imide groups is 1. The van der Waals surface area contributed by atoms with E-state index in [-0.39, 0.29) is 0 Å². The summed E-state index contributed by atoms with van der Waals surface area (Å²) < 4.78 is 0. The van der Waals surface area contributed by atoms with Crippen molar-refractivity contribution >= 4 is 23.5 Å². The van der Waals surface area contributed by atoms with Gasteiger partial charge in [-0.3, -0.25) is 14.5 Å². The minimum atomic E-state index is -0.834. The van der Waals surface area contributed by atoms with Crippen molar-refractivity contribution in [3.8, 4) is 0 Å². The van der Waals surface area contributed by atoms with Crippen LogP contribution in [0, 0.1) is 13.8 Å². The molecule has 0 saturated heterocycles. The molecule has 1 unspecified atom stereocenters. The fourth-order valence-corrected chi connectivity index (χ4v) is 3.85. The number of aryl methyl sites for hydroxylation is 2. The number of fused-ring (bicyclic) bond motifs is 1. The number of amides is 4. The molecule has 1 aliphatic heterocycles. The molecule has 31 heavy (non-hydrogen) atoms. The molecule has 4 amide bonds. The van der Waals surface area contributed by atoms with Crippen LogP contribution < -0.4 is 10.6 Å². The number of hydrogen-bond donors (Lipinski definition) is 2. The second-order valence-corrected chi connectivity index (χ2v) is 7.60. The molecule has 3 aromatic rings. The van der Waals surface area contributed by atoms with Gasteiger partial charge >= 0.3 is 6.03 Å². The number of benzene rings is 3.